The molecule has 14 rings (SSSR count). The molecule has 0 spiro atoms. The smallest absolute Gasteiger partial charge is 0.00206 e. The van der Waals surface area contributed by atoms with Crippen LogP contribution >= 0.6 is 0 Å². The summed E-state index contributed by atoms with van der Waals surface area (Å²) in [5, 5.41) is 20.6. The van der Waals surface area contributed by atoms with Crippen LogP contribution < -0.4 is 0 Å². The van der Waals surface area contributed by atoms with E-state index in [9.17, 15) is 0 Å². The summed E-state index contributed by atoms with van der Waals surface area (Å²) in [6.07, 6.45) is 0. The molecule has 0 saturated heterocycles. The lowest BCUT2D eigenvalue weighted by atomic mass is 9.83. The summed E-state index contributed by atoms with van der Waals surface area (Å²) in [6.45, 7) is 0. The Kier molecular flexibility index (Phi) is 7.49. The van der Waals surface area contributed by atoms with Gasteiger partial charge >= 0.3 is 0 Å². The predicted octanol–water partition coefficient (Wildman–Crippen LogP) is 18.1. The Labute approximate surface area is 370 Å². The third kappa shape index (κ3) is 5.17. The molecular weight excluding hydrogens is 769 g/mol. The van der Waals surface area contributed by atoms with E-state index in [-0.39, 0.29) is 0 Å². The van der Waals surface area contributed by atoms with Crippen LogP contribution in [0.4, 0.5) is 0 Å². The SMILES string of the molecule is c1ccc(-c2cc(-c3ccc4ccc5cccc6ccc3c4c56)ccc2-c2cc(-c3ccc4ccc5cccc6ccc3c4c56)ccc2-c2cc3ccccc3c3ccccc23)cc1. The van der Waals surface area contributed by atoms with E-state index in [2.05, 4.69) is 231 Å². The molecular formula is C64H38. The fraction of sp³-hybridized carbons (Fsp3) is 0. The maximum Gasteiger partial charge on any atom is -0.00206 e. The summed E-state index contributed by atoms with van der Waals surface area (Å²) >= 11 is 0. The topological polar surface area (TPSA) is 0 Å². The normalized spacial score (nSPS) is 12.1. The van der Waals surface area contributed by atoms with Crippen LogP contribution in [0.25, 0.3) is 142 Å². The van der Waals surface area contributed by atoms with Crippen molar-refractivity contribution in [3.05, 3.63) is 231 Å². The Morgan fingerprint density at radius 2 is 0.578 bits per heavy atom. The molecule has 0 aliphatic carbocycles. The number of fused-ring (bicyclic) bond motifs is 3. The highest BCUT2D eigenvalue weighted by Gasteiger charge is 2.21. The molecule has 0 unspecified atom stereocenters. The molecule has 0 bridgehead atoms. The van der Waals surface area contributed by atoms with E-state index in [4.69, 9.17) is 0 Å². The van der Waals surface area contributed by atoms with Crippen molar-refractivity contribution in [1.29, 1.82) is 0 Å². The van der Waals surface area contributed by atoms with E-state index in [1.807, 2.05) is 0 Å². The number of rotatable bonds is 5. The fourth-order valence-electron chi connectivity index (χ4n) is 11.2. The zero-order valence-electron chi connectivity index (χ0n) is 34.9. The second-order valence-corrected chi connectivity index (χ2v) is 17.5. The fourth-order valence-corrected chi connectivity index (χ4v) is 11.2. The summed E-state index contributed by atoms with van der Waals surface area (Å²) in [5.41, 5.74) is 12.2. The molecule has 0 amide bonds. The molecule has 0 radical (unpaired) electrons. The van der Waals surface area contributed by atoms with Crippen molar-refractivity contribution in [2.45, 2.75) is 0 Å². The summed E-state index contributed by atoms with van der Waals surface area (Å²) in [5.74, 6) is 0. The summed E-state index contributed by atoms with van der Waals surface area (Å²) in [6, 6.07) is 86.5. The van der Waals surface area contributed by atoms with E-state index >= 15 is 0 Å². The van der Waals surface area contributed by atoms with Crippen molar-refractivity contribution < 1.29 is 0 Å². The van der Waals surface area contributed by atoms with Gasteiger partial charge in [-0.25, -0.2) is 0 Å². The highest BCUT2D eigenvalue weighted by atomic mass is 14.2. The number of hydrogen-bond acceptors (Lipinski definition) is 0. The molecule has 0 N–H and O–H groups in total. The predicted molar refractivity (Wildman–Crippen MR) is 276 cm³/mol. The van der Waals surface area contributed by atoms with Crippen LogP contribution in [0.1, 0.15) is 0 Å². The minimum Gasteiger partial charge on any atom is -0.0622 e. The van der Waals surface area contributed by atoms with Crippen LogP contribution in [-0.4, -0.2) is 0 Å². The molecule has 0 fully saturated rings. The van der Waals surface area contributed by atoms with Gasteiger partial charge < -0.3 is 0 Å². The van der Waals surface area contributed by atoms with Gasteiger partial charge in [0.15, 0.2) is 0 Å². The Balaban J connectivity index is 1.06. The first-order chi connectivity index (χ1) is 31.7. The van der Waals surface area contributed by atoms with Crippen LogP contribution in [0.15, 0.2) is 231 Å². The summed E-state index contributed by atoms with van der Waals surface area (Å²) in [4.78, 5) is 0. The molecule has 294 valence electrons. The second-order valence-electron chi connectivity index (χ2n) is 17.5. The molecule has 0 saturated carbocycles. The van der Waals surface area contributed by atoms with Crippen molar-refractivity contribution in [2.24, 2.45) is 0 Å². The van der Waals surface area contributed by atoms with Gasteiger partial charge in [-0.15, -0.1) is 0 Å². The number of benzene rings is 14. The minimum absolute atomic E-state index is 1.19. The van der Waals surface area contributed by atoms with Crippen molar-refractivity contribution in [1.82, 2.24) is 0 Å². The van der Waals surface area contributed by atoms with Crippen LogP contribution in [0.3, 0.4) is 0 Å². The quantitative estimate of drug-likeness (QED) is 0.152. The molecule has 14 aromatic rings. The Hall–Kier alpha value is -8.32. The van der Waals surface area contributed by atoms with Crippen LogP contribution in [0, 0.1) is 0 Å². The molecule has 0 aliphatic heterocycles. The Bertz CT molecular complexity index is 4140. The maximum absolute atomic E-state index is 2.48. The van der Waals surface area contributed by atoms with Gasteiger partial charge in [0.1, 0.15) is 0 Å². The lowest BCUT2D eigenvalue weighted by Crippen LogP contribution is -1.94. The first kappa shape index (κ1) is 35.3. The average Bonchev–Trinajstić information content (AvgIpc) is 3.37. The molecule has 0 aromatic heterocycles. The monoisotopic (exact) mass is 806 g/mol. The lowest BCUT2D eigenvalue weighted by molar-refractivity contribution is 1.56. The van der Waals surface area contributed by atoms with E-state index in [0.29, 0.717) is 0 Å². The zero-order valence-corrected chi connectivity index (χ0v) is 34.9. The van der Waals surface area contributed by atoms with Crippen molar-refractivity contribution in [3.63, 3.8) is 0 Å². The van der Waals surface area contributed by atoms with Gasteiger partial charge in [-0.1, -0.05) is 212 Å². The molecule has 0 heteroatoms. The standard InChI is InChI=1S/C64H38/c1-2-10-39(11-3-1)58-36-47(50-30-24-44-22-20-40-13-8-15-42-26-34-56(50)63(44)61(40)42)28-32-54(58)60-38-48(51-31-25-45-23-21-41-14-9-16-43-27-35-57(51)64(45)62(41)43)29-33-55(60)59-37-46-12-4-5-17-49(46)52-18-6-7-19-53(52)59/h1-38H. The summed E-state index contributed by atoms with van der Waals surface area (Å²) in [7, 11) is 0. The van der Waals surface area contributed by atoms with Crippen LogP contribution in [-0.2, 0) is 0 Å². The molecule has 14 aromatic carbocycles. The molecule has 0 heterocycles. The maximum atomic E-state index is 2.48. The van der Waals surface area contributed by atoms with Gasteiger partial charge in [-0.2, -0.15) is 0 Å². The number of hydrogen-bond donors (Lipinski definition) is 0. The highest BCUT2D eigenvalue weighted by Crippen LogP contribution is 2.48. The van der Waals surface area contributed by atoms with E-state index < -0.39 is 0 Å². The minimum atomic E-state index is 1.19. The van der Waals surface area contributed by atoms with Gasteiger partial charge in [0, 0.05) is 0 Å². The molecule has 0 aliphatic rings. The largest absolute Gasteiger partial charge is 0.0622 e. The van der Waals surface area contributed by atoms with Gasteiger partial charge in [-0.05, 0) is 160 Å². The molecule has 64 heavy (non-hydrogen) atoms. The Morgan fingerprint density at radius 3 is 1.17 bits per heavy atom. The van der Waals surface area contributed by atoms with Gasteiger partial charge in [0.05, 0.1) is 0 Å². The van der Waals surface area contributed by atoms with Crippen molar-refractivity contribution in [3.8, 4) is 55.6 Å². The lowest BCUT2D eigenvalue weighted by Gasteiger charge is -2.21. The van der Waals surface area contributed by atoms with E-state index in [0.717, 1.165) is 0 Å². The van der Waals surface area contributed by atoms with E-state index in [1.165, 1.54) is 142 Å². The van der Waals surface area contributed by atoms with E-state index in [1.54, 1.807) is 0 Å². The first-order valence-electron chi connectivity index (χ1n) is 22.3. The van der Waals surface area contributed by atoms with Gasteiger partial charge in [0.2, 0.25) is 0 Å². The first-order valence-corrected chi connectivity index (χ1v) is 22.3. The molecule has 0 nitrogen and oxygen atoms in total. The highest BCUT2D eigenvalue weighted by molar-refractivity contribution is 6.27. The van der Waals surface area contributed by atoms with Crippen molar-refractivity contribution >= 4 is 86.2 Å². The third-order valence-corrected chi connectivity index (χ3v) is 14.2. The molecule has 0 atom stereocenters. The zero-order chi connectivity index (χ0) is 41.9. The van der Waals surface area contributed by atoms with Crippen molar-refractivity contribution in [2.75, 3.05) is 0 Å². The van der Waals surface area contributed by atoms with Crippen LogP contribution in [0.5, 0.6) is 0 Å². The van der Waals surface area contributed by atoms with Gasteiger partial charge in [-0.3, -0.25) is 0 Å². The average molecular weight is 807 g/mol. The summed E-state index contributed by atoms with van der Waals surface area (Å²) < 4.78 is 0. The van der Waals surface area contributed by atoms with Crippen LogP contribution in [0.2, 0.25) is 0 Å². The third-order valence-electron chi connectivity index (χ3n) is 14.2. The van der Waals surface area contributed by atoms with Gasteiger partial charge in [0.25, 0.3) is 0 Å². The Morgan fingerprint density at radius 1 is 0.156 bits per heavy atom. The second kappa shape index (κ2) is 13.6.